The highest BCUT2D eigenvalue weighted by Gasteiger charge is 2.12. The minimum Gasteiger partial charge on any atom is -0.479 e. The summed E-state index contributed by atoms with van der Waals surface area (Å²) in [5, 5.41) is 20.0. The molecule has 1 amide bonds. The van der Waals surface area contributed by atoms with Crippen LogP contribution in [0.25, 0.3) is 0 Å². The van der Waals surface area contributed by atoms with Crippen molar-refractivity contribution in [2.75, 3.05) is 6.54 Å². The molecule has 5 heteroatoms. The number of hydrogen-bond acceptors (Lipinski definition) is 3. The molecule has 1 atom stereocenters. The van der Waals surface area contributed by atoms with Crippen LogP contribution in [-0.4, -0.2) is 34.7 Å². The number of unbranched alkanes of at least 4 members (excludes halogenated alkanes) is 5. The first kappa shape index (κ1) is 16.9. The van der Waals surface area contributed by atoms with Crippen LogP contribution in [-0.2, 0) is 9.59 Å². The average molecular weight is 259 g/mol. The van der Waals surface area contributed by atoms with Crippen molar-refractivity contribution in [1.82, 2.24) is 5.32 Å². The number of aliphatic carboxylic acids is 1. The second-order valence-corrected chi connectivity index (χ2v) is 4.51. The number of hydrogen-bond donors (Lipinski definition) is 3. The molecule has 0 aromatic rings. The number of carbonyl (C=O) groups excluding carboxylic acids is 1. The first-order valence-electron chi connectivity index (χ1n) is 6.75. The second kappa shape index (κ2) is 11.0. The normalized spacial score (nSPS) is 12.1. The number of aliphatic hydroxyl groups is 1. The summed E-state index contributed by atoms with van der Waals surface area (Å²) in [5.41, 5.74) is 0. The van der Waals surface area contributed by atoms with Crippen molar-refractivity contribution in [1.29, 1.82) is 0 Å². The first-order valence-corrected chi connectivity index (χ1v) is 6.75. The second-order valence-electron chi connectivity index (χ2n) is 4.51. The highest BCUT2D eigenvalue weighted by atomic mass is 16.4. The Morgan fingerprint density at radius 2 is 1.72 bits per heavy atom. The van der Waals surface area contributed by atoms with E-state index in [4.69, 9.17) is 10.2 Å². The molecule has 18 heavy (non-hydrogen) atoms. The molecule has 0 aliphatic heterocycles. The smallest absolute Gasteiger partial charge is 0.332 e. The van der Waals surface area contributed by atoms with E-state index >= 15 is 0 Å². The van der Waals surface area contributed by atoms with Gasteiger partial charge in [0.2, 0.25) is 5.91 Å². The number of carboxylic acid groups (broad SMARTS) is 1. The Bertz CT molecular complexity index is 243. The summed E-state index contributed by atoms with van der Waals surface area (Å²) in [5.74, 6) is -1.32. The third-order valence-electron chi connectivity index (χ3n) is 2.78. The molecule has 0 spiro atoms. The molecule has 0 aromatic heterocycles. The van der Waals surface area contributed by atoms with E-state index in [2.05, 4.69) is 12.2 Å². The van der Waals surface area contributed by atoms with Crippen molar-refractivity contribution in [3.8, 4) is 0 Å². The molecule has 0 saturated carbocycles. The molecule has 106 valence electrons. The maximum absolute atomic E-state index is 11.3. The standard InChI is InChI=1S/C13H25NO4/c1-2-3-4-5-6-7-8-12(16)14-10-9-11(15)13(17)18/h11,15H,2-10H2,1H3,(H,14,16)(H,17,18)/t11-/m0/s1. The van der Waals surface area contributed by atoms with Crippen LogP contribution < -0.4 is 5.32 Å². The molecule has 0 unspecified atom stereocenters. The van der Waals surface area contributed by atoms with E-state index in [9.17, 15) is 9.59 Å². The summed E-state index contributed by atoms with van der Waals surface area (Å²) in [4.78, 5) is 21.7. The minimum absolute atomic E-state index is 0.0531. The van der Waals surface area contributed by atoms with Crippen molar-refractivity contribution in [2.24, 2.45) is 0 Å². The van der Waals surface area contributed by atoms with E-state index in [1.165, 1.54) is 25.7 Å². The number of carboxylic acids is 1. The molecular formula is C13H25NO4. The molecular weight excluding hydrogens is 234 g/mol. The molecule has 3 N–H and O–H groups in total. The van der Waals surface area contributed by atoms with E-state index < -0.39 is 12.1 Å². The van der Waals surface area contributed by atoms with Crippen LogP contribution in [0, 0.1) is 0 Å². The van der Waals surface area contributed by atoms with Crippen molar-refractivity contribution in [3.05, 3.63) is 0 Å². The van der Waals surface area contributed by atoms with Gasteiger partial charge in [-0.3, -0.25) is 4.79 Å². The van der Waals surface area contributed by atoms with Gasteiger partial charge in [-0.2, -0.15) is 0 Å². The molecule has 0 aliphatic carbocycles. The molecule has 0 aromatic carbocycles. The zero-order valence-electron chi connectivity index (χ0n) is 11.2. The third-order valence-corrected chi connectivity index (χ3v) is 2.78. The largest absolute Gasteiger partial charge is 0.479 e. The Kier molecular flexibility index (Phi) is 10.3. The van der Waals surface area contributed by atoms with E-state index in [-0.39, 0.29) is 18.9 Å². The Labute approximate surface area is 109 Å². The Morgan fingerprint density at radius 3 is 2.33 bits per heavy atom. The van der Waals surface area contributed by atoms with Crippen LogP contribution in [0.3, 0.4) is 0 Å². The molecule has 0 fully saturated rings. The number of nitrogens with one attached hydrogen (secondary N) is 1. The SMILES string of the molecule is CCCCCCCCC(=O)NCC[C@H](O)C(=O)O. The monoisotopic (exact) mass is 259 g/mol. The summed E-state index contributed by atoms with van der Waals surface area (Å²) in [6, 6.07) is 0. The fraction of sp³-hybridized carbons (Fsp3) is 0.846. The number of amides is 1. The lowest BCUT2D eigenvalue weighted by Gasteiger charge is -2.07. The van der Waals surface area contributed by atoms with Crippen molar-refractivity contribution < 1.29 is 19.8 Å². The Hall–Kier alpha value is -1.10. The number of rotatable bonds is 11. The van der Waals surface area contributed by atoms with Crippen LogP contribution >= 0.6 is 0 Å². The van der Waals surface area contributed by atoms with Gasteiger partial charge < -0.3 is 15.5 Å². The Balaban J connectivity index is 3.35. The predicted molar refractivity (Wildman–Crippen MR) is 69.3 cm³/mol. The number of aliphatic hydroxyl groups excluding tert-OH is 1. The summed E-state index contributed by atoms with van der Waals surface area (Å²) < 4.78 is 0. The van der Waals surface area contributed by atoms with Gasteiger partial charge in [0.1, 0.15) is 0 Å². The lowest BCUT2D eigenvalue weighted by atomic mass is 10.1. The maximum Gasteiger partial charge on any atom is 0.332 e. The fourth-order valence-corrected chi connectivity index (χ4v) is 1.63. The lowest BCUT2D eigenvalue weighted by Crippen LogP contribution is -2.29. The van der Waals surface area contributed by atoms with E-state index in [1.54, 1.807) is 0 Å². The third kappa shape index (κ3) is 10.1. The van der Waals surface area contributed by atoms with Gasteiger partial charge in [-0.1, -0.05) is 39.0 Å². The van der Waals surface area contributed by atoms with Crippen LogP contribution in [0.1, 0.15) is 58.3 Å². The van der Waals surface area contributed by atoms with Crippen molar-refractivity contribution >= 4 is 11.9 Å². The molecule has 0 aliphatic rings. The minimum atomic E-state index is -1.39. The van der Waals surface area contributed by atoms with E-state index in [1.807, 2.05) is 0 Å². The molecule has 5 nitrogen and oxygen atoms in total. The number of carbonyl (C=O) groups is 2. The highest BCUT2D eigenvalue weighted by Crippen LogP contribution is 2.06. The van der Waals surface area contributed by atoms with Gasteiger partial charge in [-0.15, -0.1) is 0 Å². The maximum atomic E-state index is 11.3. The summed E-state index contributed by atoms with van der Waals surface area (Å²) >= 11 is 0. The quantitative estimate of drug-likeness (QED) is 0.493. The topological polar surface area (TPSA) is 86.6 Å². The van der Waals surface area contributed by atoms with Crippen molar-refractivity contribution in [3.63, 3.8) is 0 Å². The molecule has 0 saturated heterocycles. The zero-order chi connectivity index (χ0) is 13.8. The van der Waals surface area contributed by atoms with E-state index in [0.717, 1.165) is 12.8 Å². The lowest BCUT2D eigenvalue weighted by molar-refractivity contribution is -0.147. The molecule has 0 heterocycles. The van der Waals surface area contributed by atoms with E-state index in [0.29, 0.717) is 6.42 Å². The molecule has 0 bridgehead atoms. The molecule has 0 rings (SSSR count). The van der Waals surface area contributed by atoms with Crippen LogP contribution in [0.15, 0.2) is 0 Å². The van der Waals surface area contributed by atoms with Crippen LogP contribution in [0.5, 0.6) is 0 Å². The molecule has 0 radical (unpaired) electrons. The van der Waals surface area contributed by atoms with Crippen molar-refractivity contribution in [2.45, 2.75) is 64.4 Å². The first-order chi connectivity index (χ1) is 8.57. The summed E-state index contributed by atoms with van der Waals surface area (Å²) in [6.45, 7) is 2.38. The predicted octanol–water partition coefficient (Wildman–Crippen LogP) is 1.69. The van der Waals surface area contributed by atoms with Gasteiger partial charge in [-0.25, -0.2) is 4.79 Å². The average Bonchev–Trinajstić information content (AvgIpc) is 2.33. The summed E-state index contributed by atoms with van der Waals surface area (Å²) in [7, 11) is 0. The van der Waals surface area contributed by atoms with Gasteiger partial charge in [0.05, 0.1) is 0 Å². The van der Waals surface area contributed by atoms with Gasteiger partial charge >= 0.3 is 5.97 Å². The van der Waals surface area contributed by atoms with Crippen LogP contribution in [0.2, 0.25) is 0 Å². The van der Waals surface area contributed by atoms with Gasteiger partial charge in [0.25, 0.3) is 0 Å². The zero-order valence-corrected chi connectivity index (χ0v) is 11.2. The van der Waals surface area contributed by atoms with Gasteiger partial charge in [0.15, 0.2) is 6.10 Å². The highest BCUT2D eigenvalue weighted by molar-refractivity contribution is 5.76. The summed E-state index contributed by atoms with van der Waals surface area (Å²) in [6.07, 6.45) is 5.93. The van der Waals surface area contributed by atoms with Crippen LogP contribution in [0.4, 0.5) is 0 Å². The fourth-order valence-electron chi connectivity index (χ4n) is 1.63. The van der Waals surface area contributed by atoms with Gasteiger partial charge in [0, 0.05) is 19.4 Å². The Morgan fingerprint density at radius 1 is 1.11 bits per heavy atom. The van der Waals surface area contributed by atoms with Gasteiger partial charge in [-0.05, 0) is 6.42 Å².